The van der Waals surface area contributed by atoms with Gasteiger partial charge in [0, 0.05) is 5.56 Å². The van der Waals surface area contributed by atoms with Crippen molar-refractivity contribution < 1.29 is 9.13 Å². The van der Waals surface area contributed by atoms with Crippen LogP contribution in [-0.2, 0) is 6.42 Å². The molecule has 2 nitrogen and oxygen atoms in total. The van der Waals surface area contributed by atoms with Crippen LogP contribution in [-0.4, -0.2) is 7.11 Å². The fourth-order valence-corrected chi connectivity index (χ4v) is 2.16. The average molecular weight is 269 g/mol. The lowest BCUT2D eigenvalue weighted by Crippen LogP contribution is -2.04. The molecule has 20 heavy (non-hydrogen) atoms. The molecule has 1 atom stereocenters. The van der Waals surface area contributed by atoms with Crippen molar-refractivity contribution in [3.63, 3.8) is 0 Å². The number of halogens is 1. The van der Waals surface area contributed by atoms with Gasteiger partial charge < -0.3 is 4.74 Å². The second-order valence-corrected chi connectivity index (χ2v) is 4.76. The molecule has 102 valence electrons. The molecule has 2 rings (SSSR count). The minimum atomic E-state index is -0.427. The molecule has 0 saturated heterocycles. The Morgan fingerprint density at radius 3 is 2.50 bits per heavy atom. The lowest BCUT2D eigenvalue weighted by atomic mass is 9.92. The predicted octanol–water partition coefficient (Wildman–Crippen LogP) is 3.99. The van der Waals surface area contributed by atoms with Gasteiger partial charge in [0.25, 0.3) is 0 Å². The minimum absolute atomic E-state index is 0.357. The van der Waals surface area contributed by atoms with Gasteiger partial charge in [0.15, 0.2) is 0 Å². The van der Waals surface area contributed by atoms with Gasteiger partial charge in [0.05, 0.1) is 19.1 Å². The summed E-state index contributed by atoms with van der Waals surface area (Å²) in [6.07, 6.45) is 0.538. The quantitative estimate of drug-likeness (QED) is 0.840. The molecule has 3 heteroatoms. The van der Waals surface area contributed by atoms with E-state index in [-0.39, 0.29) is 5.82 Å². The summed E-state index contributed by atoms with van der Waals surface area (Å²) in [5.74, 6) is -0.238. The first kappa shape index (κ1) is 14.1. The molecule has 0 N–H and O–H groups in total. The Labute approximate surface area is 118 Å². The first-order valence-corrected chi connectivity index (χ1v) is 6.42. The lowest BCUT2D eigenvalue weighted by Gasteiger charge is -2.14. The monoisotopic (exact) mass is 269 g/mol. The number of aryl methyl sites for hydroxylation is 1. The normalized spacial score (nSPS) is 11.7. The highest BCUT2D eigenvalue weighted by molar-refractivity contribution is 5.41. The van der Waals surface area contributed by atoms with Crippen LogP contribution in [0.5, 0.6) is 5.75 Å². The van der Waals surface area contributed by atoms with Gasteiger partial charge in [-0.3, -0.25) is 0 Å². The number of nitrogens with zero attached hydrogens (tertiary/aromatic N) is 1. The Balaban J connectivity index is 2.31. The van der Waals surface area contributed by atoms with Crippen molar-refractivity contribution in [1.82, 2.24) is 0 Å². The molecule has 1 unspecified atom stereocenters. The van der Waals surface area contributed by atoms with Crippen LogP contribution >= 0.6 is 0 Å². The van der Waals surface area contributed by atoms with Crippen LogP contribution < -0.4 is 4.74 Å². The van der Waals surface area contributed by atoms with Crippen molar-refractivity contribution in [2.24, 2.45) is 0 Å². The minimum Gasteiger partial charge on any atom is -0.496 e. The first-order valence-electron chi connectivity index (χ1n) is 6.42. The van der Waals surface area contributed by atoms with E-state index in [1.54, 1.807) is 6.07 Å². The molecular weight excluding hydrogens is 253 g/mol. The van der Waals surface area contributed by atoms with Crippen molar-refractivity contribution in [3.05, 3.63) is 65.0 Å². The number of hydrogen-bond donors (Lipinski definition) is 0. The summed E-state index contributed by atoms with van der Waals surface area (Å²) in [6, 6.07) is 14.5. The van der Waals surface area contributed by atoms with Gasteiger partial charge in [-0.25, -0.2) is 4.39 Å². The van der Waals surface area contributed by atoms with E-state index in [0.29, 0.717) is 17.7 Å². The highest BCUT2D eigenvalue weighted by Gasteiger charge is 2.17. The second kappa shape index (κ2) is 6.21. The summed E-state index contributed by atoms with van der Waals surface area (Å²) in [5.41, 5.74) is 2.81. The van der Waals surface area contributed by atoms with Crippen LogP contribution in [0, 0.1) is 24.1 Å². The standard InChI is InChI=1S/C17H16FNO/c1-12-3-5-13(6-4-12)9-14(11-19)16-10-15(18)7-8-17(16)20-2/h3-8,10,14H,9H2,1-2H3. The van der Waals surface area contributed by atoms with Gasteiger partial charge in [-0.15, -0.1) is 0 Å². The third-order valence-corrected chi connectivity index (χ3v) is 3.28. The molecule has 0 aliphatic heterocycles. The van der Waals surface area contributed by atoms with Gasteiger partial charge >= 0.3 is 0 Å². The van der Waals surface area contributed by atoms with E-state index in [2.05, 4.69) is 6.07 Å². The third-order valence-electron chi connectivity index (χ3n) is 3.28. The van der Waals surface area contributed by atoms with E-state index in [0.717, 1.165) is 5.56 Å². The van der Waals surface area contributed by atoms with E-state index >= 15 is 0 Å². The molecule has 0 saturated carbocycles. The second-order valence-electron chi connectivity index (χ2n) is 4.76. The van der Waals surface area contributed by atoms with Crippen molar-refractivity contribution >= 4 is 0 Å². The number of methoxy groups -OCH3 is 1. The number of nitriles is 1. The zero-order valence-electron chi connectivity index (χ0n) is 11.6. The number of rotatable bonds is 4. The van der Waals surface area contributed by atoms with Gasteiger partial charge in [0.1, 0.15) is 11.6 Å². The summed E-state index contributed by atoms with van der Waals surface area (Å²) in [7, 11) is 1.52. The predicted molar refractivity (Wildman–Crippen MR) is 76.2 cm³/mol. The van der Waals surface area contributed by atoms with Crippen molar-refractivity contribution in [2.75, 3.05) is 7.11 Å². The highest BCUT2D eigenvalue weighted by Crippen LogP contribution is 2.29. The van der Waals surface area contributed by atoms with Gasteiger partial charge in [-0.05, 0) is 37.1 Å². The highest BCUT2D eigenvalue weighted by atomic mass is 19.1. The molecular formula is C17H16FNO. The molecule has 0 fully saturated rings. The zero-order chi connectivity index (χ0) is 14.5. The topological polar surface area (TPSA) is 33.0 Å². The van der Waals surface area contributed by atoms with Crippen LogP contribution in [0.4, 0.5) is 4.39 Å². The summed E-state index contributed by atoms with van der Waals surface area (Å²) < 4.78 is 18.6. The third kappa shape index (κ3) is 3.16. The molecule has 0 aliphatic rings. The molecule has 0 amide bonds. The Kier molecular flexibility index (Phi) is 4.37. The average Bonchev–Trinajstić information content (AvgIpc) is 2.46. The summed E-state index contributed by atoms with van der Waals surface area (Å²) in [6.45, 7) is 2.02. The fraction of sp³-hybridized carbons (Fsp3) is 0.235. The van der Waals surface area contributed by atoms with Crippen molar-refractivity contribution in [2.45, 2.75) is 19.3 Å². The summed E-state index contributed by atoms with van der Waals surface area (Å²) >= 11 is 0. The molecule has 0 spiro atoms. The maximum atomic E-state index is 13.4. The van der Waals surface area contributed by atoms with Crippen LogP contribution in [0.1, 0.15) is 22.6 Å². The number of benzene rings is 2. The van der Waals surface area contributed by atoms with E-state index in [9.17, 15) is 9.65 Å². The van der Waals surface area contributed by atoms with E-state index in [1.807, 2.05) is 31.2 Å². The molecule has 2 aromatic carbocycles. The zero-order valence-corrected chi connectivity index (χ0v) is 11.6. The largest absolute Gasteiger partial charge is 0.496 e. The Hall–Kier alpha value is -2.34. The number of hydrogen-bond acceptors (Lipinski definition) is 2. The van der Waals surface area contributed by atoms with E-state index < -0.39 is 5.92 Å². The van der Waals surface area contributed by atoms with E-state index in [4.69, 9.17) is 4.74 Å². The Bertz CT molecular complexity index is 628. The lowest BCUT2D eigenvalue weighted by molar-refractivity contribution is 0.406. The van der Waals surface area contributed by atoms with Crippen LogP contribution in [0.15, 0.2) is 42.5 Å². The summed E-state index contributed by atoms with van der Waals surface area (Å²) in [5, 5.41) is 9.38. The van der Waals surface area contributed by atoms with Gasteiger partial charge in [-0.2, -0.15) is 5.26 Å². The van der Waals surface area contributed by atoms with E-state index in [1.165, 1.54) is 24.8 Å². The molecule has 2 aromatic rings. The maximum absolute atomic E-state index is 13.4. The smallest absolute Gasteiger partial charge is 0.123 e. The van der Waals surface area contributed by atoms with Crippen LogP contribution in [0.3, 0.4) is 0 Å². The molecule has 0 bridgehead atoms. The van der Waals surface area contributed by atoms with Crippen molar-refractivity contribution in [1.29, 1.82) is 5.26 Å². The Morgan fingerprint density at radius 2 is 1.90 bits per heavy atom. The first-order chi connectivity index (χ1) is 9.63. The molecule has 0 heterocycles. The van der Waals surface area contributed by atoms with Gasteiger partial charge in [0.2, 0.25) is 0 Å². The fourth-order valence-electron chi connectivity index (χ4n) is 2.16. The van der Waals surface area contributed by atoms with Crippen molar-refractivity contribution in [3.8, 4) is 11.8 Å². The molecule has 0 aromatic heterocycles. The maximum Gasteiger partial charge on any atom is 0.123 e. The SMILES string of the molecule is COc1ccc(F)cc1C(C#N)Cc1ccc(C)cc1. The molecule has 0 aliphatic carbocycles. The number of ether oxygens (including phenoxy) is 1. The summed E-state index contributed by atoms with van der Waals surface area (Å²) in [4.78, 5) is 0. The Morgan fingerprint density at radius 1 is 1.20 bits per heavy atom. The van der Waals surface area contributed by atoms with Gasteiger partial charge in [-0.1, -0.05) is 29.8 Å². The molecule has 0 radical (unpaired) electrons. The van der Waals surface area contributed by atoms with Crippen LogP contribution in [0.25, 0.3) is 0 Å². The van der Waals surface area contributed by atoms with Crippen LogP contribution in [0.2, 0.25) is 0 Å².